The molecule has 1 fully saturated rings. The second-order valence-electron chi connectivity index (χ2n) is 5.23. The zero-order chi connectivity index (χ0) is 10.3. The molecule has 1 unspecified atom stereocenters. The van der Waals surface area contributed by atoms with Crippen molar-refractivity contribution in [1.82, 2.24) is 5.32 Å². The van der Waals surface area contributed by atoms with Gasteiger partial charge in [0.05, 0.1) is 0 Å². The maximum Gasteiger partial charge on any atom is 0.0328 e. The molecular weight excluding hydrogens is 182 g/mol. The molecule has 15 heavy (non-hydrogen) atoms. The summed E-state index contributed by atoms with van der Waals surface area (Å²) in [6.07, 6.45) is 5.30. The maximum atomic E-state index is 3.80. The van der Waals surface area contributed by atoms with Gasteiger partial charge in [-0.15, -0.1) is 0 Å². The lowest BCUT2D eigenvalue weighted by molar-refractivity contribution is 0.222. The Morgan fingerprint density at radius 3 is 2.80 bits per heavy atom. The number of rotatable bonds is 2. The Bertz CT molecular complexity index is 352. The Labute approximate surface area is 91.9 Å². The molecule has 80 valence electrons. The molecule has 1 atom stereocenters. The molecule has 0 aromatic heterocycles. The number of hydrogen-bond donors (Lipinski definition) is 1. The Kier molecular flexibility index (Phi) is 2.28. The molecule has 1 aromatic rings. The first-order valence-corrected chi connectivity index (χ1v) is 6.17. The quantitative estimate of drug-likeness (QED) is 0.775. The van der Waals surface area contributed by atoms with Gasteiger partial charge < -0.3 is 5.32 Å². The molecule has 2 aliphatic carbocycles. The molecule has 1 N–H and O–H groups in total. The van der Waals surface area contributed by atoms with Crippen LogP contribution in [-0.2, 0) is 6.42 Å². The third kappa shape index (κ3) is 1.69. The Balaban J connectivity index is 1.69. The van der Waals surface area contributed by atoms with Crippen LogP contribution in [0.5, 0.6) is 0 Å². The van der Waals surface area contributed by atoms with Crippen molar-refractivity contribution in [2.45, 2.75) is 44.7 Å². The van der Waals surface area contributed by atoms with Gasteiger partial charge in [-0.05, 0) is 42.7 Å². The van der Waals surface area contributed by atoms with E-state index in [-0.39, 0.29) is 0 Å². The van der Waals surface area contributed by atoms with Gasteiger partial charge in [0.15, 0.2) is 0 Å². The SMILES string of the molecule is CC1CC(NC2CCc3ccccc32)C1. The van der Waals surface area contributed by atoms with E-state index < -0.39 is 0 Å². The summed E-state index contributed by atoms with van der Waals surface area (Å²) in [5.74, 6) is 0.944. The second-order valence-corrected chi connectivity index (χ2v) is 5.23. The molecule has 0 bridgehead atoms. The number of aryl methyl sites for hydroxylation is 1. The van der Waals surface area contributed by atoms with Crippen LogP contribution in [0.15, 0.2) is 24.3 Å². The van der Waals surface area contributed by atoms with Crippen LogP contribution in [0.25, 0.3) is 0 Å². The summed E-state index contributed by atoms with van der Waals surface area (Å²) in [6.45, 7) is 2.35. The third-order valence-electron chi connectivity index (χ3n) is 3.94. The van der Waals surface area contributed by atoms with Gasteiger partial charge in [-0.1, -0.05) is 31.2 Å². The molecule has 0 spiro atoms. The number of benzene rings is 1. The topological polar surface area (TPSA) is 12.0 Å². The van der Waals surface area contributed by atoms with E-state index >= 15 is 0 Å². The van der Waals surface area contributed by atoms with Gasteiger partial charge in [0, 0.05) is 12.1 Å². The van der Waals surface area contributed by atoms with E-state index in [4.69, 9.17) is 0 Å². The van der Waals surface area contributed by atoms with Gasteiger partial charge in [-0.25, -0.2) is 0 Å². The molecule has 0 radical (unpaired) electrons. The zero-order valence-corrected chi connectivity index (χ0v) is 9.37. The predicted octanol–water partition coefficient (Wildman–Crippen LogP) is 3.06. The minimum Gasteiger partial charge on any atom is -0.307 e. The van der Waals surface area contributed by atoms with E-state index in [0.717, 1.165) is 12.0 Å². The normalized spacial score (nSPS) is 33.5. The first-order chi connectivity index (χ1) is 7.33. The first-order valence-electron chi connectivity index (χ1n) is 6.17. The van der Waals surface area contributed by atoms with Crippen LogP contribution in [0.1, 0.15) is 43.4 Å². The van der Waals surface area contributed by atoms with E-state index in [1.54, 1.807) is 11.1 Å². The van der Waals surface area contributed by atoms with Crippen molar-refractivity contribution in [3.05, 3.63) is 35.4 Å². The number of hydrogen-bond acceptors (Lipinski definition) is 1. The first kappa shape index (κ1) is 9.41. The average molecular weight is 201 g/mol. The summed E-state index contributed by atoms with van der Waals surface area (Å²) in [4.78, 5) is 0. The van der Waals surface area contributed by atoms with Gasteiger partial charge in [0.1, 0.15) is 0 Å². The van der Waals surface area contributed by atoms with Gasteiger partial charge in [-0.3, -0.25) is 0 Å². The van der Waals surface area contributed by atoms with Crippen molar-refractivity contribution >= 4 is 0 Å². The van der Waals surface area contributed by atoms with Crippen molar-refractivity contribution in [2.24, 2.45) is 5.92 Å². The van der Waals surface area contributed by atoms with E-state index in [9.17, 15) is 0 Å². The van der Waals surface area contributed by atoms with Crippen LogP contribution in [-0.4, -0.2) is 6.04 Å². The highest BCUT2D eigenvalue weighted by Crippen LogP contribution is 2.34. The van der Waals surface area contributed by atoms with Crippen molar-refractivity contribution in [3.8, 4) is 0 Å². The molecule has 1 saturated carbocycles. The summed E-state index contributed by atoms with van der Waals surface area (Å²) >= 11 is 0. The van der Waals surface area contributed by atoms with Crippen molar-refractivity contribution < 1.29 is 0 Å². The molecule has 0 saturated heterocycles. The van der Waals surface area contributed by atoms with Crippen molar-refractivity contribution in [1.29, 1.82) is 0 Å². The van der Waals surface area contributed by atoms with E-state index in [1.807, 2.05) is 0 Å². The molecule has 1 heteroatoms. The Morgan fingerprint density at radius 2 is 2.00 bits per heavy atom. The standard InChI is InChI=1S/C14H19N/c1-10-8-12(9-10)15-14-7-6-11-4-2-3-5-13(11)14/h2-5,10,12,14-15H,6-9H2,1H3. The van der Waals surface area contributed by atoms with Crippen LogP contribution >= 0.6 is 0 Å². The number of fused-ring (bicyclic) bond motifs is 1. The molecule has 1 aromatic carbocycles. The van der Waals surface area contributed by atoms with Crippen LogP contribution in [0.4, 0.5) is 0 Å². The summed E-state index contributed by atoms with van der Waals surface area (Å²) in [7, 11) is 0. The largest absolute Gasteiger partial charge is 0.307 e. The molecule has 0 heterocycles. The van der Waals surface area contributed by atoms with E-state index in [1.165, 1.54) is 25.7 Å². The monoisotopic (exact) mass is 201 g/mol. The summed E-state index contributed by atoms with van der Waals surface area (Å²) < 4.78 is 0. The van der Waals surface area contributed by atoms with Gasteiger partial charge in [0.25, 0.3) is 0 Å². The van der Waals surface area contributed by atoms with Crippen LogP contribution < -0.4 is 5.32 Å². The summed E-state index contributed by atoms with van der Waals surface area (Å²) in [5.41, 5.74) is 3.11. The van der Waals surface area contributed by atoms with E-state index in [0.29, 0.717) is 6.04 Å². The fourth-order valence-electron chi connectivity index (χ4n) is 3.05. The molecule has 0 amide bonds. The minimum atomic E-state index is 0.638. The highest BCUT2D eigenvalue weighted by Gasteiger charge is 2.30. The van der Waals surface area contributed by atoms with Crippen LogP contribution in [0.2, 0.25) is 0 Å². The van der Waals surface area contributed by atoms with E-state index in [2.05, 4.69) is 36.5 Å². The highest BCUT2D eigenvalue weighted by atomic mass is 15.0. The lowest BCUT2D eigenvalue weighted by atomic mass is 9.81. The fourth-order valence-corrected chi connectivity index (χ4v) is 3.05. The number of nitrogens with one attached hydrogen (secondary N) is 1. The minimum absolute atomic E-state index is 0.638. The third-order valence-corrected chi connectivity index (χ3v) is 3.94. The summed E-state index contributed by atoms with van der Waals surface area (Å²) in [6, 6.07) is 10.3. The Morgan fingerprint density at radius 1 is 1.20 bits per heavy atom. The molecule has 2 aliphatic rings. The highest BCUT2D eigenvalue weighted by molar-refractivity contribution is 5.34. The summed E-state index contributed by atoms with van der Waals surface area (Å²) in [5, 5.41) is 3.80. The van der Waals surface area contributed by atoms with Crippen LogP contribution in [0, 0.1) is 5.92 Å². The van der Waals surface area contributed by atoms with Gasteiger partial charge in [-0.2, -0.15) is 0 Å². The zero-order valence-electron chi connectivity index (χ0n) is 9.37. The van der Waals surface area contributed by atoms with Gasteiger partial charge in [0.2, 0.25) is 0 Å². The maximum absolute atomic E-state index is 3.80. The lowest BCUT2D eigenvalue weighted by Crippen LogP contribution is -2.41. The molecule has 0 aliphatic heterocycles. The lowest BCUT2D eigenvalue weighted by Gasteiger charge is -2.35. The van der Waals surface area contributed by atoms with Crippen molar-refractivity contribution in [2.75, 3.05) is 0 Å². The van der Waals surface area contributed by atoms with Crippen molar-refractivity contribution in [3.63, 3.8) is 0 Å². The smallest absolute Gasteiger partial charge is 0.0328 e. The molecular formula is C14H19N. The average Bonchev–Trinajstić information content (AvgIpc) is 2.60. The second kappa shape index (κ2) is 3.64. The fraction of sp³-hybridized carbons (Fsp3) is 0.571. The predicted molar refractivity (Wildman–Crippen MR) is 62.8 cm³/mol. The Hall–Kier alpha value is -0.820. The van der Waals surface area contributed by atoms with Gasteiger partial charge >= 0.3 is 0 Å². The molecule has 1 nitrogen and oxygen atoms in total. The molecule has 3 rings (SSSR count). The van der Waals surface area contributed by atoms with Crippen LogP contribution in [0.3, 0.4) is 0 Å².